The van der Waals surface area contributed by atoms with Crippen LogP contribution in [0.4, 0.5) is 5.82 Å². The third-order valence-corrected chi connectivity index (χ3v) is 7.18. The van der Waals surface area contributed by atoms with E-state index >= 15 is 0 Å². The van der Waals surface area contributed by atoms with Gasteiger partial charge in [0.15, 0.2) is 0 Å². The fraction of sp³-hybridized carbons (Fsp3) is 0.588. The van der Waals surface area contributed by atoms with E-state index in [9.17, 15) is 8.42 Å². The van der Waals surface area contributed by atoms with Crippen LogP contribution in [-0.4, -0.2) is 58.7 Å². The van der Waals surface area contributed by atoms with Crippen LogP contribution in [0.1, 0.15) is 38.1 Å². The molecule has 9 heteroatoms. The molecule has 2 aliphatic heterocycles. The predicted octanol–water partition coefficient (Wildman–Crippen LogP) is 1.69. The zero-order valence-corrected chi connectivity index (χ0v) is 15.6. The molecule has 140 valence electrons. The first-order chi connectivity index (χ1) is 12.7. The number of piperidine rings is 2. The summed E-state index contributed by atoms with van der Waals surface area (Å²) < 4.78 is 29.8. The molecule has 4 heterocycles. The molecule has 0 N–H and O–H groups in total. The highest BCUT2D eigenvalue weighted by Gasteiger charge is 2.31. The average Bonchev–Trinajstić information content (AvgIpc) is 3.24. The van der Waals surface area contributed by atoms with Gasteiger partial charge in [0.05, 0.1) is 6.04 Å². The van der Waals surface area contributed by atoms with Gasteiger partial charge in [-0.3, -0.25) is 0 Å². The Kier molecular flexibility index (Phi) is 4.90. The van der Waals surface area contributed by atoms with Crippen LogP contribution in [0.3, 0.4) is 0 Å². The van der Waals surface area contributed by atoms with Gasteiger partial charge in [-0.05, 0) is 37.8 Å². The Morgan fingerprint density at radius 2 is 1.81 bits per heavy atom. The monoisotopic (exact) mass is 376 g/mol. The van der Waals surface area contributed by atoms with Crippen molar-refractivity contribution in [3.8, 4) is 0 Å². The summed E-state index contributed by atoms with van der Waals surface area (Å²) in [5, 5.41) is 4.22. The quantitative estimate of drug-likeness (QED) is 0.807. The molecule has 0 atom stereocenters. The van der Waals surface area contributed by atoms with E-state index in [0.29, 0.717) is 29.8 Å². The Morgan fingerprint density at radius 1 is 1.04 bits per heavy atom. The lowest BCUT2D eigenvalue weighted by molar-refractivity contribution is 0.345. The molecule has 2 fully saturated rings. The SMILES string of the molecule is O=S(=O)(c1cccnc1N1CCC(n2cncn2)CC1)N1CCCCC1. The van der Waals surface area contributed by atoms with Gasteiger partial charge in [-0.15, -0.1) is 0 Å². The standard InChI is InChI=1S/C17H24N6O2S/c24-26(25,22-9-2-1-3-10-22)16-5-4-8-19-17(16)21-11-6-15(7-12-21)23-14-18-13-20-23/h4-5,8,13-15H,1-3,6-7,9-12H2. The normalized spacial score (nSPS) is 20.4. The summed E-state index contributed by atoms with van der Waals surface area (Å²) in [6, 6.07) is 3.71. The molecule has 0 radical (unpaired) electrons. The second-order valence-corrected chi connectivity index (χ2v) is 8.79. The Balaban J connectivity index is 1.55. The first kappa shape index (κ1) is 17.4. The lowest BCUT2D eigenvalue weighted by atomic mass is 10.1. The molecule has 0 aromatic carbocycles. The minimum absolute atomic E-state index is 0.305. The van der Waals surface area contributed by atoms with Crippen molar-refractivity contribution < 1.29 is 8.42 Å². The molecule has 2 aromatic rings. The lowest BCUT2D eigenvalue weighted by Crippen LogP contribution is -2.39. The molecular formula is C17H24N6O2S. The van der Waals surface area contributed by atoms with E-state index in [1.165, 1.54) is 0 Å². The number of nitrogens with zero attached hydrogens (tertiary/aromatic N) is 6. The Labute approximate surface area is 153 Å². The molecule has 0 amide bonds. The fourth-order valence-electron chi connectivity index (χ4n) is 3.81. The number of rotatable bonds is 4. The van der Waals surface area contributed by atoms with E-state index in [-0.39, 0.29) is 0 Å². The van der Waals surface area contributed by atoms with Crippen LogP contribution in [0.2, 0.25) is 0 Å². The summed E-state index contributed by atoms with van der Waals surface area (Å²) in [4.78, 5) is 10.9. The summed E-state index contributed by atoms with van der Waals surface area (Å²) in [6.07, 6.45) is 9.71. The van der Waals surface area contributed by atoms with Crippen molar-refractivity contribution in [2.75, 3.05) is 31.1 Å². The van der Waals surface area contributed by atoms with Crippen LogP contribution in [0, 0.1) is 0 Å². The van der Waals surface area contributed by atoms with Crippen LogP contribution < -0.4 is 4.90 Å². The molecule has 0 unspecified atom stereocenters. The van der Waals surface area contributed by atoms with Crippen molar-refractivity contribution in [1.82, 2.24) is 24.1 Å². The molecule has 0 spiro atoms. The minimum Gasteiger partial charge on any atom is -0.355 e. The van der Waals surface area contributed by atoms with Crippen LogP contribution in [-0.2, 0) is 10.0 Å². The highest BCUT2D eigenvalue weighted by molar-refractivity contribution is 7.89. The van der Waals surface area contributed by atoms with E-state index in [1.807, 2.05) is 4.68 Å². The molecular weight excluding hydrogens is 352 g/mol. The minimum atomic E-state index is -3.50. The van der Waals surface area contributed by atoms with Crippen molar-refractivity contribution >= 4 is 15.8 Å². The number of hydrogen-bond acceptors (Lipinski definition) is 6. The van der Waals surface area contributed by atoms with Gasteiger partial charge in [0, 0.05) is 32.4 Å². The third-order valence-electron chi connectivity index (χ3n) is 5.26. The molecule has 4 rings (SSSR count). The number of anilines is 1. The van der Waals surface area contributed by atoms with Gasteiger partial charge < -0.3 is 4.90 Å². The fourth-order valence-corrected chi connectivity index (χ4v) is 5.49. The Hall–Kier alpha value is -2.00. The largest absolute Gasteiger partial charge is 0.355 e. The highest BCUT2D eigenvalue weighted by atomic mass is 32.2. The van der Waals surface area contributed by atoms with Gasteiger partial charge in [0.25, 0.3) is 0 Å². The molecule has 2 saturated heterocycles. The van der Waals surface area contributed by atoms with Crippen LogP contribution in [0.25, 0.3) is 0 Å². The van der Waals surface area contributed by atoms with Crippen molar-refractivity contribution in [1.29, 1.82) is 0 Å². The maximum Gasteiger partial charge on any atom is 0.246 e. The molecule has 26 heavy (non-hydrogen) atoms. The summed E-state index contributed by atoms with van der Waals surface area (Å²) in [5.41, 5.74) is 0. The van der Waals surface area contributed by atoms with Gasteiger partial charge in [-0.25, -0.2) is 23.1 Å². The summed E-state index contributed by atoms with van der Waals surface area (Å²) in [7, 11) is -3.50. The van der Waals surface area contributed by atoms with E-state index in [4.69, 9.17) is 0 Å². The van der Waals surface area contributed by atoms with Crippen LogP contribution >= 0.6 is 0 Å². The third kappa shape index (κ3) is 3.33. The number of sulfonamides is 1. The summed E-state index contributed by atoms with van der Waals surface area (Å²) in [6.45, 7) is 2.71. The molecule has 0 bridgehead atoms. The van der Waals surface area contributed by atoms with E-state index < -0.39 is 10.0 Å². The number of hydrogen-bond donors (Lipinski definition) is 0. The smallest absolute Gasteiger partial charge is 0.246 e. The summed E-state index contributed by atoms with van der Waals surface area (Å²) in [5.74, 6) is 0.579. The van der Waals surface area contributed by atoms with Gasteiger partial charge >= 0.3 is 0 Å². The zero-order chi connectivity index (χ0) is 18.0. The van der Waals surface area contributed by atoms with Gasteiger partial charge in [0.2, 0.25) is 10.0 Å². The topological polar surface area (TPSA) is 84.2 Å². The Bertz CT molecular complexity index is 825. The maximum absolute atomic E-state index is 13.1. The molecule has 2 aromatic heterocycles. The highest BCUT2D eigenvalue weighted by Crippen LogP contribution is 2.31. The molecule has 0 saturated carbocycles. The zero-order valence-electron chi connectivity index (χ0n) is 14.7. The first-order valence-electron chi connectivity index (χ1n) is 9.20. The van der Waals surface area contributed by atoms with Crippen molar-refractivity contribution in [2.45, 2.75) is 43.0 Å². The van der Waals surface area contributed by atoms with Crippen molar-refractivity contribution in [2.24, 2.45) is 0 Å². The molecule has 8 nitrogen and oxygen atoms in total. The van der Waals surface area contributed by atoms with Gasteiger partial charge in [0.1, 0.15) is 23.4 Å². The van der Waals surface area contributed by atoms with Gasteiger partial charge in [-0.1, -0.05) is 6.42 Å². The second kappa shape index (κ2) is 7.32. The van der Waals surface area contributed by atoms with E-state index in [0.717, 1.165) is 45.2 Å². The summed E-state index contributed by atoms with van der Waals surface area (Å²) >= 11 is 0. The van der Waals surface area contributed by atoms with E-state index in [2.05, 4.69) is 20.0 Å². The predicted molar refractivity (Wildman–Crippen MR) is 97.4 cm³/mol. The van der Waals surface area contributed by atoms with E-state index in [1.54, 1.807) is 35.3 Å². The van der Waals surface area contributed by atoms with Crippen molar-refractivity contribution in [3.05, 3.63) is 31.0 Å². The first-order valence-corrected chi connectivity index (χ1v) is 10.6. The Morgan fingerprint density at radius 3 is 2.50 bits per heavy atom. The van der Waals surface area contributed by atoms with Crippen molar-refractivity contribution in [3.63, 3.8) is 0 Å². The van der Waals surface area contributed by atoms with Gasteiger partial charge in [-0.2, -0.15) is 9.40 Å². The second-order valence-electron chi connectivity index (χ2n) is 6.88. The van der Waals surface area contributed by atoms with Crippen LogP contribution in [0.15, 0.2) is 35.9 Å². The van der Waals surface area contributed by atoms with Crippen LogP contribution in [0.5, 0.6) is 0 Å². The molecule has 0 aliphatic carbocycles. The number of aromatic nitrogens is 4. The average molecular weight is 376 g/mol. The molecule has 2 aliphatic rings. The number of pyridine rings is 1. The lowest BCUT2D eigenvalue weighted by Gasteiger charge is -2.34. The maximum atomic E-state index is 13.1.